The van der Waals surface area contributed by atoms with E-state index in [1.165, 1.54) is 69.8 Å². The van der Waals surface area contributed by atoms with Crippen molar-refractivity contribution in [1.29, 1.82) is 0 Å². The standard InChI is InChI=1S/C19H27/c1-2-6-10-14-18(15-11-7-3-1)19-16-12-8-4-5-9-13-17-19/h4-5,8,12,16H,1-3,6-7,9-11,13-14,17H2/b5-4-,12-8+,18-15?,19-16-. The largest absolute Gasteiger partial charge is 0.0845 e. The Hall–Kier alpha value is -1.04. The van der Waals surface area contributed by atoms with Crippen LogP contribution in [0.2, 0.25) is 0 Å². The fourth-order valence-corrected chi connectivity index (χ4v) is 2.89. The van der Waals surface area contributed by atoms with Crippen molar-refractivity contribution < 1.29 is 0 Å². The molecule has 0 saturated carbocycles. The van der Waals surface area contributed by atoms with Crippen LogP contribution in [0.4, 0.5) is 0 Å². The number of allylic oxidation sites excluding steroid dienone is 8. The predicted molar refractivity (Wildman–Crippen MR) is 83.9 cm³/mol. The summed E-state index contributed by atoms with van der Waals surface area (Å²) in [5, 5.41) is 0. The summed E-state index contributed by atoms with van der Waals surface area (Å²) < 4.78 is 0. The maximum atomic E-state index is 3.72. The Morgan fingerprint density at radius 2 is 1.58 bits per heavy atom. The lowest BCUT2D eigenvalue weighted by Crippen LogP contribution is -1.95. The van der Waals surface area contributed by atoms with Crippen LogP contribution in [-0.2, 0) is 0 Å². The molecular formula is C19H27. The molecular weight excluding hydrogens is 228 g/mol. The molecule has 0 saturated heterocycles. The summed E-state index contributed by atoms with van der Waals surface area (Å²) in [6.45, 7) is 0. The van der Waals surface area contributed by atoms with Gasteiger partial charge in [-0.05, 0) is 62.2 Å². The van der Waals surface area contributed by atoms with Gasteiger partial charge in [-0.15, -0.1) is 0 Å². The van der Waals surface area contributed by atoms with Crippen LogP contribution in [0.3, 0.4) is 0 Å². The zero-order chi connectivity index (χ0) is 13.2. The third kappa shape index (κ3) is 5.63. The lowest BCUT2D eigenvalue weighted by Gasteiger charge is -2.13. The van der Waals surface area contributed by atoms with Gasteiger partial charge in [0.05, 0.1) is 0 Å². The highest BCUT2D eigenvalue weighted by molar-refractivity contribution is 5.33. The van der Waals surface area contributed by atoms with Crippen molar-refractivity contribution in [2.75, 3.05) is 0 Å². The molecule has 0 aromatic rings. The lowest BCUT2D eigenvalue weighted by molar-refractivity contribution is 0.582. The lowest BCUT2D eigenvalue weighted by atomic mass is 9.92. The van der Waals surface area contributed by atoms with Crippen molar-refractivity contribution in [3.63, 3.8) is 0 Å². The van der Waals surface area contributed by atoms with Crippen molar-refractivity contribution in [3.8, 4) is 0 Å². The number of hydrogen-bond acceptors (Lipinski definition) is 0. The van der Waals surface area contributed by atoms with E-state index in [9.17, 15) is 0 Å². The maximum absolute atomic E-state index is 3.72. The van der Waals surface area contributed by atoms with Crippen LogP contribution < -0.4 is 0 Å². The minimum absolute atomic E-state index is 1.16. The van der Waals surface area contributed by atoms with E-state index in [4.69, 9.17) is 0 Å². The van der Waals surface area contributed by atoms with Crippen molar-refractivity contribution in [3.05, 3.63) is 47.6 Å². The molecule has 0 aliphatic heterocycles. The average molecular weight is 255 g/mol. The highest BCUT2D eigenvalue weighted by Crippen LogP contribution is 2.25. The molecule has 103 valence electrons. The van der Waals surface area contributed by atoms with Crippen molar-refractivity contribution in [2.24, 2.45) is 0 Å². The van der Waals surface area contributed by atoms with Gasteiger partial charge in [-0.25, -0.2) is 0 Å². The van der Waals surface area contributed by atoms with Gasteiger partial charge in [0.1, 0.15) is 0 Å². The first-order valence-electron chi connectivity index (χ1n) is 8.09. The zero-order valence-electron chi connectivity index (χ0n) is 12.2. The van der Waals surface area contributed by atoms with Gasteiger partial charge in [-0.2, -0.15) is 0 Å². The van der Waals surface area contributed by atoms with Crippen LogP contribution in [-0.4, -0.2) is 0 Å². The Bertz CT molecular complexity index is 365. The van der Waals surface area contributed by atoms with Crippen molar-refractivity contribution >= 4 is 0 Å². The summed E-state index contributed by atoms with van der Waals surface area (Å²) >= 11 is 0. The van der Waals surface area contributed by atoms with Gasteiger partial charge in [0.15, 0.2) is 0 Å². The monoisotopic (exact) mass is 255 g/mol. The second-order valence-corrected chi connectivity index (χ2v) is 5.67. The summed E-state index contributed by atoms with van der Waals surface area (Å²) in [5.41, 5.74) is 3.06. The summed E-state index contributed by atoms with van der Waals surface area (Å²) in [5.74, 6) is 0. The fourth-order valence-electron chi connectivity index (χ4n) is 2.89. The first-order chi connectivity index (χ1) is 9.47. The second-order valence-electron chi connectivity index (χ2n) is 5.67. The van der Waals surface area contributed by atoms with Crippen LogP contribution in [0, 0.1) is 6.08 Å². The summed E-state index contributed by atoms with van der Waals surface area (Å²) in [4.78, 5) is 0. The quantitative estimate of drug-likeness (QED) is 0.533. The molecule has 0 heteroatoms. The SMILES string of the molecule is [C]1=C(/C2=C\C=C\C=C/CCC2)CCCCCCCC/1. The molecule has 2 aliphatic carbocycles. The molecule has 0 spiro atoms. The van der Waals surface area contributed by atoms with Gasteiger partial charge >= 0.3 is 0 Å². The highest BCUT2D eigenvalue weighted by atomic mass is 14.1. The summed E-state index contributed by atoms with van der Waals surface area (Å²) in [7, 11) is 0. The first-order valence-corrected chi connectivity index (χ1v) is 8.09. The Morgan fingerprint density at radius 3 is 2.53 bits per heavy atom. The molecule has 0 amide bonds. The molecule has 2 rings (SSSR count). The van der Waals surface area contributed by atoms with E-state index in [1.807, 2.05) is 0 Å². The normalized spacial score (nSPS) is 31.6. The smallest absolute Gasteiger partial charge is 0.0273 e. The molecule has 2 aliphatic rings. The number of rotatable bonds is 1. The summed E-state index contributed by atoms with van der Waals surface area (Å²) in [6, 6.07) is 0. The molecule has 0 atom stereocenters. The van der Waals surface area contributed by atoms with Gasteiger partial charge in [0, 0.05) is 0 Å². The topological polar surface area (TPSA) is 0 Å². The van der Waals surface area contributed by atoms with E-state index in [-0.39, 0.29) is 0 Å². The Balaban J connectivity index is 2.05. The van der Waals surface area contributed by atoms with E-state index < -0.39 is 0 Å². The van der Waals surface area contributed by atoms with Crippen LogP contribution in [0.1, 0.15) is 70.6 Å². The molecule has 0 nitrogen and oxygen atoms in total. The molecule has 0 fully saturated rings. The minimum atomic E-state index is 1.16. The van der Waals surface area contributed by atoms with Crippen LogP contribution in [0.25, 0.3) is 0 Å². The van der Waals surface area contributed by atoms with E-state index in [0.717, 1.165) is 6.42 Å². The molecule has 0 aromatic heterocycles. The van der Waals surface area contributed by atoms with Crippen molar-refractivity contribution in [2.45, 2.75) is 70.6 Å². The molecule has 0 unspecified atom stereocenters. The van der Waals surface area contributed by atoms with Gasteiger partial charge in [-0.3, -0.25) is 0 Å². The molecule has 1 radical (unpaired) electrons. The Labute approximate surface area is 119 Å². The average Bonchev–Trinajstić information content (AvgIpc) is 2.58. The first kappa shape index (κ1) is 14.4. The predicted octanol–water partition coefficient (Wildman–Crippen LogP) is 6.07. The Kier molecular flexibility index (Phi) is 6.78. The van der Waals surface area contributed by atoms with Gasteiger partial charge < -0.3 is 0 Å². The molecule has 0 heterocycles. The molecule has 0 aromatic carbocycles. The minimum Gasteiger partial charge on any atom is -0.0845 e. The van der Waals surface area contributed by atoms with Crippen LogP contribution >= 0.6 is 0 Å². The molecule has 0 bridgehead atoms. The van der Waals surface area contributed by atoms with Gasteiger partial charge in [-0.1, -0.05) is 56.1 Å². The highest BCUT2D eigenvalue weighted by Gasteiger charge is 2.07. The Morgan fingerprint density at radius 1 is 0.737 bits per heavy atom. The van der Waals surface area contributed by atoms with Crippen LogP contribution in [0.15, 0.2) is 41.5 Å². The molecule has 0 N–H and O–H groups in total. The van der Waals surface area contributed by atoms with E-state index in [2.05, 4.69) is 36.5 Å². The fraction of sp³-hybridized carbons (Fsp3) is 0.579. The van der Waals surface area contributed by atoms with E-state index in [0.29, 0.717) is 0 Å². The summed E-state index contributed by atoms with van der Waals surface area (Å²) in [6.07, 6.45) is 29.3. The maximum Gasteiger partial charge on any atom is -0.0273 e. The van der Waals surface area contributed by atoms with E-state index in [1.54, 1.807) is 5.57 Å². The van der Waals surface area contributed by atoms with Gasteiger partial charge in [0.25, 0.3) is 0 Å². The van der Waals surface area contributed by atoms with E-state index >= 15 is 0 Å². The second kappa shape index (κ2) is 8.96. The van der Waals surface area contributed by atoms with Crippen LogP contribution in [0.5, 0.6) is 0 Å². The third-order valence-corrected chi connectivity index (χ3v) is 4.05. The third-order valence-electron chi connectivity index (χ3n) is 4.05. The number of hydrogen-bond donors (Lipinski definition) is 0. The molecule has 19 heavy (non-hydrogen) atoms. The van der Waals surface area contributed by atoms with Crippen molar-refractivity contribution in [1.82, 2.24) is 0 Å². The zero-order valence-corrected chi connectivity index (χ0v) is 12.2. The van der Waals surface area contributed by atoms with Gasteiger partial charge in [0.2, 0.25) is 0 Å².